The van der Waals surface area contributed by atoms with E-state index in [9.17, 15) is 4.79 Å². The summed E-state index contributed by atoms with van der Waals surface area (Å²) in [7, 11) is 0. The lowest BCUT2D eigenvalue weighted by Gasteiger charge is -2.35. The molecule has 0 radical (unpaired) electrons. The topological polar surface area (TPSA) is 64.3 Å². The van der Waals surface area contributed by atoms with Crippen LogP contribution in [0.25, 0.3) is 10.9 Å². The number of aromatic amines is 1. The molecule has 0 unspecified atom stereocenters. The van der Waals surface area contributed by atoms with Gasteiger partial charge in [0, 0.05) is 43.3 Å². The van der Waals surface area contributed by atoms with Gasteiger partial charge in [-0.15, -0.1) is 0 Å². The van der Waals surface area contributed by atoms with Gasteiger partial charge in [-0.2, -0.15) is 0 Å². The number of amides is 1. The Hall–Kier alpha value is -2.86. The van der Waals surface area contributed by atoms with Crippen LogP contribution >= 0.6 is 0 Å². The number of pyridine rings is 1. The van der Waals surface area contributed by atoms with Gasteiger partial charge in [-0.1, -0.05) is 25.1 Å². The zero-order valence-electron chi connectivity index (χ0n) is 15.6. The Morgan fingerprint density at radius 3 is 2.70 bits per heavy atom. The van der Waals surface area contributed by atoms with E-state index in [-0.39, 0.29) is 5.91 Å². The summed E-state index contributed by atoms with van der Waals surface area (Å²) in [5, 5.41) is 3.99. The summed E-state index contributed by atoms with van der Waals surface area (Å²) in [5.41, 5.74) is 3.15. The Kier molecular flexibility index (Phi) is 5.07. The zero-order chi connectivity index (χ0) is 18.6. The van der Waals surface area contributed by atoms with E-state index in [2.05, 4.69) is 32.0 Å². The number of nitrogens with zero attached hydrogens (tertiary/aromatic N) is 3. The van der Waals surface area contributed by atoms with Crippen LogP contribution in [0, 0.1) is 0 Å². The first kappa shape index (κ1) is 17.5. The van der Waals surface area contributed by atoms with Crippen molar-refractivity contribution < 1.29 is 4.79 Å². The molecule has 1 amide bonds. The van der Waals surface area contributed by atoms with E-state index in [1.54, 1.807) is 0 Å². The highest BCUT2D eigenvalue weighted by atomic mass is 16.1. The number of anilines is 2. The number of H-pyrrole nitrogens is 1. The fourth-order valence-corrected chi connectivity index (χ4v) is 3.61. The maximum atomic E-state index is 12.4. The number of fused-ring (bicyclic) bond motifs is 1. The lowest BCUT2D eigenvalue weighted by Crippen LogP contribution is -2.46. The van der Waals surface area contributed by atoms with Crippen molar-refractivity contribution in [2.75, 3.05) is 42.9 Å². The van der Waals surface area contributed by atoms with Gasteiger partial charge in [0.2, 0.25) is 5.91 Å². The summed E-state index contributed by atoms with van der Waals surface area (Å²) >= 11 is 0. The van der Waals surface area contributed by atoms with E-state index in [4.69, 9.17) is 0 Å². The van der Waals surface area contributed by atoms with Gasteiger partial charge >= 0.3 is 0 Å². The summed E-state index contributed by atoms with van der Waals surface area (Å²) in [6.07, 6.45) is 4.08. The van der Waals surface area contributed by atoms with Crippen LogP contribution in [0.5, 0.6) is 0 Å². The highest BCUT2D eigenvalue weighted by Crippen LogP contribution is 2.20. The molecule has 1 aromatic carbocycles. The second-order valence-electron chi connectivity index (χ2n) is 6.91. The molecule has 1 fully saturated rings. The second kappa shape index (κ2) is 7.80. The molecule has 0 bridgehead atoms. The van der Waals surface area contributed by atoms with Gasteiger partial charge < -0.3 is 20.1 Å². The number of para-hydroxylation sites is 1. The van der Waals surface area contributed by atoms with Crippen LogP contribution in [0.15, 0.2) is 48.8 Å². The minimum Gasteiger partial charge on any atom is -0.368 e. The van der Waals surface area contributed by atoms with Crippen molar-refractivity contribution in [3.05, 3.63) is 54.4 Å². The van der Waals surface area contributed by atoms with Crippen LogP contribution in [0.2, 0.25) is 0 Å². The van der Waals surface area contributed by atoms with Crippen molar-refractivity contribution >= 4 is 28.3 Å². The van der Waals surface area contributed by atoms with E-state index in [1.165, 1.54) is 0 Å². The first-order valence-corrected chi connectivity index (χ1v) is 9.51. The molecule has 2 N–H and O–H groups in total. The monoisotopic (exact) mass is 363 g/mol. The number of carbonyl (C=O) groups is 1. The summed E-state index contributed by atoms with van der Waals surface area (Å²) in [5.74, 6) is 0.535. The smallest absolute Gasteiger partial charge is 0.230 e. The molecule has 6 heteroatoms. The highest BCUT2D eigenvalue weighted by molar-refractivity contribution is 5.95. The zero-order valence-corrected chi connectivity index (χ0v) is 15.6. The molecule has 0 spiro atoms. The molecule has 140 valence electrons. The predicted molar refractivity (Wildman–Crippen MR) is 109 cm³/mol. The van der Waals surface area contributed by atoms with Crippen LogP contribution in [0.3, 0.4) is 0 Å². The standard InChI is InChI=1S/C21H25N5O/c1-2-25-9-11-26(12-10-25)17-7-8-20(23-15-17)24-21(27)13-16-14-22-19-6-4-3-5-18(16)19/h3-8,14-15,22H,2,9-13H2,1H3,(H,23,24,27). The molecule has 6 nitrogen and oxygen atoms in total. The fraction of sp³-hybridized carbons (Fsp3) is 0.333. The SMILES string of the molecule is CCN1CCN(c2ccc(NC(=O)Cc3c[nH]c4ccccc34)nc2)CC1. The minimum atomic E-state index is -0.0587. The Labute approximate surface area is 159 Å². The Morgan fingerprint density at radius 2 is 1.96 bits per heavy atom. The van der Waals surface area contributed by atoms with Gasteiger partial charge in [0.1, 0.15) is 5.82 Å². The van der Waals surface area contributed by atoms with Crippen molar-refractivity contribution in [3.8, 4) is 0 Å². The molecule has 3 heterocycles. The number of benzene rings is 1. The largest absolute Gasteiger partial charge is 0.368 e. The molecule has 4 rings (SSSR count). The average molecular weight is 363 g/mol. The van der Waals surface area contributed by atoms with Crippen molar-refractivity contribution in [3.63, 3.8) is 0 Å². The van der Waals surface area contributed by atoms with Gasteiger partial charge in [-0.3, -0.25) is 4.79 Å². The second-order valence-corrected chi connectivity index (χ2v) is 6.91. The van der Waals surface area contributed by atoms with Gasteiger partial charge in [0.05, 0.1) is 18.3 Å². The third-order valence-electron chi connectivity index (χ3n) is 5.23. The maximum Gasteiger partial charge on any atom is 0.230 e. The first-order chi connectivity index (χ1) is 13.2. The third-order valence-corrected chi connectivity index (χ3v) is 5.23. The Balaban J connectivity index is 1.36. The summed E-state index contributed by atoms with van der Waals surface area (Å²) < 4.78 is 0. The van der Waals surface area contributed by atoms with Crippen LogP contribution in [-0.4, -0.2) is 53.5 Å². The summed E-state index contributed by atoms with van der Waals surface area (Å²) in [4.78, 5) is 24.8. The molecular weight excluding hydrogens is 338 g/mol. The van der Waals surface area contributed by atoms with Gasteiger partial charge in [0.15, 0.2) is 0 Å². The van der Waals surface area contributed by atoms with Crippen LogP contribution in [0.4, 0.5) is 11.5 Å². The highest BCUT2D eigenvalue weighted by Gasteiger charge is 2.16. The predicted octanol–water partition coefficient (Wildman–Crippen LogP) is 2.89. The minimum absolute atomic E-state index is 0.0587. The average Bonchev–Trinajstić information content (AvgIpc) is 3.11. The maximum absolute atomic E-state index is 12.4. The molecule has 1 saturated heterocycles. The van der Waals surface area contributed by atoms with Gasteiger partial charge in [-0.05, 0) is 30.3 Å². The van der Waals surface area contributed by atoms with Crippen molar-refractivity contribution in [1.82, 2.24) is 14.9 Å². The number of rotatable bonds is 5. The molecule has 1 aliphatic rings. The Bertz CT molecular complexity index is 910. The Morgan fingerprint density at radius 1 is 1.15 bits per heavy atom. The van der Waals surface area contributed by atoms with Gasteiger partial charge in [-0.25, -0.2) is 4.98 Å². The number of piperazine rings is 1. The van der Waals surface area contributed by atoms with E-state index >= 15 is 0 Å². The van der Waals surface area contributed by atoms with Crippen molar-refractivity contribution in [2.24, 2.45) is 0 Å². The van der Waals surface area contributed by atoms with E-state index in [1.807, 2.05) is 48.8 Å². The summed E-state index contributed by atoms with van der Waals surface area (Å²) in [6, 6.07) is 11.9. The number of hydrogen-bond donors (Lipinski definition) is 2. The fourth-order valence-electron chi connectivity index (χ4n) is 3.61. The van der Waals surface area contributed by atoms with Crippen LogP contribution in [0.1, 0.15) is 12.5 Å². The van der Waals surface area contributed by atoms with Crippen molar-refractivity contribution in [1.29, 1.82) is 0 Å². The number of nitrogens with one attached hydrogen (secondary N) is 2. The molecular formula is C21H25N5O. The lowest BCUT2D eigenvalue weighted by atomic mass is 10.1. The van der Waals surface area contributed by atoms with Crippen LogP contribution in [-0.2, 0) is 11.2 Å². The third kappa shape index (κ3) is 3.95. The molecule has 1 aliphatic heterocycles. The number of carbonyl (C=O) groups excluding carboxylic acids is 1. The molecule has 3 aromatic rings. The van der Waals surface area contributed by atoms with E-state index < -0.39 is 0 Å². The lowest BCUT2D eigenvalue weighted by molar-refractivity contribution is -0.115. The number of aromatic nitrogens is 2. The van der Waals surface area contributed by atoms with Gasteiger partial charge in [0.25, 0.3) is 0 Å². The summed E-state index contributed by atoms with van der Waals surface area (Å²) in [6.45, 7) is 7.50. The molecule has 0 saturated carbocycles. The van der Waals surface area contributed by atoms with E-state index in [0.29, 0.717) is 12.2 Å². The quantitative estimate of drug-likeness (QED) is 0.732. The van der Waals surface area contributed by atoms with Crippen LogP contribution < -0.4 is 10.2 Å². The molecule has 0 atom stereocenters. The van der Waals surface area contributed by atoms with E-state index in [0.717, 1.165) is 54.9 Å². The number of likely N-dealkylation sites (N-methyl/N-ethyl adjacent to an activating group) is 1. The van der Waals surface area contributed by atoms with Crippen molar-refractivity contribution in [2.45, 2.75) is 13.3 Å². The first-order valence-electron chi connectivity index (χ1n) is 9.51. The normalized spacial score (nSPS) is 15.2. The molecule has 27 heavy (non-hydrogen) atoms. The number of hydrogen-bond acceptors (Lipinski definition) is 4. The molecule has 0 aliphatic carbocycles. The molecule has 2 aromatic heterocycles.